The Kier molecular flexibility index (Phi) is 4.39. The second kappa shape index (κ2) is 7.52. The van der Waals surface area contributed by atoms with Gasteiger partial charge in [0.1, 0.15) is 0 Å². The molecule has 1 fully saturated rings. The first-order chi connectivity index (χ1) is 15.3. The lowest BCUT2D eigenvalue weighted by atomic mass is 10.0. The van der Waals surface area contributed by atoms with E-state index in [1.807, 2.05) is 16.9 Å². The lowest BCUT2D eigenvalue weighted by Gasteiger charge is -2.29. The summed E-state index contributed by atoms with van der Waals surface area (Å²) < 4.78 is 7.28. The highest BCUT2D eigenvalue weighted by molar-refractivity contribution is 5.86. The topological polar surface area (TPSA) is 67.0 Å². The smallest absolute Gasteiger partial charge is 0.177 e. The van der Waals surface area contributed by atoms with Crippen LogP contribution in [0, 0.1) is 0 Å². The Morgan fingerprint density at radius 3 is 2.71 bits per heavy atom. The fourth-order valence-electron chi connectivity index (χ4n) is 4.15. The molecule has 0 radical (unpaired) electrons. The largest absolute Gasteiger partial charge is 0.378 e. The standard InChI is InChI=1S/C24H22N6O/c1-2-18-15-25-16-19(18)13-17(1)22-14-23(24-26-7-8-30(24)28-22)27-20-3-5-21(6-4-20)29-9-11-31-12-10-29/h1-8,13-15,27H,9-12,16H2. The average Bonchev–Trinajstić information content (AvgIpc) is 3.49. The van der Waals surface area contributed by atoms with Crippen LogP contribution >= 0.6 is 0 Å². The second-order valence-corrected chi connectivity index (χ2v) is 7.79. The number of hydrogen-bond acceptors (Lipinski definition) is 6. The lowest BCUT2D eigenvalue weighted by molar-refractivity contribution is 0.122. The van der Waals surface area contributed by atoms with Crippen LogP contribution in [0.3, 0.4) is 0 Å². The van der Waals surface area contributed by atoms with Crippen LogP contribution in [0.5, 0.6) is 0 Å². The number of nitrogens with one attached hydrogen (secondary N) is 1. The molecule has 154 valence electrons. The van der Waals surface area contributed by atoms with E-state index in [1.165, 1.54) is 16.8 Å². The molecule has 1 N–H and O–H groups in total. The van der Waals surface area contributed by atoms with Crippen LogP contribution in [0.25, 0.3) is 16.9 Å². The van der Waals surface area contributed by atoms with Crippen LogP contribution in [0.4, 0.5) is 17.1 Å². The van der Waals surface area contributed by atoms with E-state index in [9.17, 15) is 0 Å². The van der Waals surface area contributed by atoms with Crippen LogP contribution in [0.1, 0.15) is 11.1 Å². The molecule has 0 amide bonds. The van der Waals surface area contributed by atoms with Gasteiger partial charge in [-0.3, -0.25) is 4.99 Å². The van der Waals surface area contributed by atoms with Crippen molar-refractivity contribution in [1.82, 2.24) is 14.6 Å². The third-order valence-electron chi connectivity index (χ3n) is 5.81. The number of anilines is 3. The second-order valence-electron chi connectivity index (χ2n) is 7.79. The summed E-state index contributed by atoms with van der Waals surface area (Å²) in [7, 11) is 0. The molecule has 2 aliphatic rings. The predicted octanol–water partition coefficient (Wildman–Crippen LogP) is 3.91. The Morgan fingerprint density at radius 1 is 0.968 bits per heavy atom. The van der Waals surface area contributed by atoms with Gasteiger partial charge in [0.05, 0.1) is 31.1 Å². The van der Waals surface area contributed by atoms with Gasteiger partial charge in [-0.05, 0) is 47.5 Å². The van der Waals surface area contributed by atoms with Gasteiger partial charge in [0.2, 0.25) is 0 Å². The third kappa shape index (κ3) is 3.43. The van der Waals surface area contributed by atoms with Crippen LogP contribution in [0.2, 0.25) is 0 Å². The van der Waals surface area contributed by atoms with Crippen molar-refractivity contribution in [2.45, 2.75) is 6.54 Å². The molecule has 4 aromatic rings. The Labute approximate surface area is 180 Å². The summed E-state index contributed by atoms with van der Waals surface area (Å²) in [5, 5.41) is 8.30. The Morgan fingerprint density at radius 2 is 1.84 bits per heavy atom. The average molecular weight is 410 g/mol. The first-order valence-electron chi connectivity index (χ1n) is 10.5. The van der Waals surface area contributed by atoms with E-state index in [1.54, 1.807) is 6.20 Å². The maximum absolute atomic E-state index is 5.45. The van der Waals surface area contributed by atoms with Gasteiger partial charge in [0.15, 0.2) is 5.65 Å². The molecule has 7 nitrogen and oxygen atoms in total. The summed E-state index contributed by atoms with van der Waals surface area (Å²) in [6.07, 6.45) is 5.58. The first-order valence-corrected chi connectivity index (χ1v) is 10.5. The molecule has 2 aliphatic heterocycles. The molecule has 0 aliphatic carbocycles. The number of morpholine rings is 1. The zero-order valence-corrected chi connectivity index (χ0v) is 17.0. The molecule has 0 atom stereocenters. The number of nitrogens with zero attached hydrogens (tertiary/aromatic N) is 5. The van der Waals surface area contributed by atoms with Gasteiger partial charge in [-0.25, -0.2) is 9.50 Å². The molecule has 4 heterocycles. The fraction of sp³-hybridized carbons (Fsp3) is 0.208. The minimum absolute atomic E-state index is 0.733. The van der Waals surface area contributed by atoms with Gasteiger partial charge in [0.25, 0.3) is 0 Å². The van der Waals surface area contributed by atoms with Gasteiger partial charge in [-0.15, -0.1) is 0 Å². The van der Waals surface area contributed by atoms with Gasteiger partial charge in [0, 0.05) is 48.6 Å². The summed E-state index contributed by atoms with van der Waals surface area (Å²) in [4.78, 5) is 11.2. The van der Waals surface area contributed by atoms with Crippen molar-refractivity contribution in [3.63, 3.8) is 0 Å². The summed E-state index contributed by atoms with van der Waals surface area (Å²) in [5.41, 5.74) is 8.34. The van der Waals surface area contributed by atoms with Gasteiger partial charge >= 0.3 is 0 Å². The number of aromatic nitrogens is 3. The highest BCUT2D eigenvalue weighted by Crippen LogP contribution is 2.29. The normalized spacial score (nSPS) is 15.4. The minimum Gasteiger partial charge on any atom is -0.378 e. The Bertz CT molecular complexity index is 1270. The predicted molar refractivity (Wildman–Crippen MR) is 122 cm³/mol. The lowest BCUT2D eigenvalue weighted by Crippen LogP contribution is -2.36. The van der Waals surface area contributed by atoms with E-state index in [-0.39, 0.29) is 0 Å². The molecule has 1 saturated heterocycles. The monoisotopic (exact) mass is 410 g/mol. The molecule has 2 aromatic carbocycles. The summed E-state index contributed by atoms with van der Waals surface area (Å²) >= 11 is 0. The van der Waals surface area contributed by atoms with Gasteiger partial charge in [-0.1, -0.05) is 12.1 Å². The van der Waals surface area contributed by atoms with E-state index in [2.05, 4.69) is 68.7 Å². The molecule has 6 rings (SSSR count). The van der Waals surface area contributed by atoms with E-state index < -0.39 is 0 Å². The maximum atomic E-state index is 5.45. The van der Waals surface area contributed by atoms with Crippen molar-refractivity contribution in [3.05, 3.63) is 72.1 Å². The molecular formula is C24H22N6O. The SMILES string of the molecule is C1=NCc2cc(-c3cc(Nc4ccc(N5CCOCC5)cc4)c4nccn4n3)ccc21. The number of imidazole rings is 1. The third-order valence-corrected chi connectivity index (χ3v) is 5.81. The van der Waals surface area contributed by atoms with Crippen LogP contribution in [-0.4, -0.2) is 47.1 Å². The van der Waals surface area contributed by atoms with Crippen molar-refractivity contribution >= 4 is 28.9 Å². The molecule has 0 saturated carbocycles. The van der Waals surface area contributed by atoms with E-state index in [0.717, 1.165) is 61.1 Å². The summed E-state index contributed by atoms with van der Waals surface area (Å²) in [6, 6.07) is 17.0. The van der Waals surface area contributed by atoms with E-state index in [4.69, 9.17) is 9.84 Å². The van der Waals surface area contributed by atoms with Crippen LogP contribution in [-0.2, 0) is 11.3 Å². The highest BCUT2D eigenvalue weighted by Gasteiger charge is 2.14. The molecule has 7 heteroatoms. The van der Waals surface area contributed by atoms with Crippen molar-refractivity contribution in [2.24, 2.45) is 4.99 Å². The van der Waals surface area contributed by atoms with Crippen LogP contribution < -0.4 is 10.2 Å². The first kappa shape index (κ1) is 18.1. The zero-order valence-electron chi connectivity index (χ0n) is 17.0. The Hall–Kier alpha value is -3.71. The zero-order chi connectivity index (χ0) is 20.6. The van der Waals surface area contributed by atoms with Crippen molar-refractivity contribution in [1.29, 1.82) is 0 Å². The van der Waals surface area contributed by atoms with Crippen molar-refractivity contribution in [3.8, 4) is 11.3 Å². The van der Waals surface area contributed by atoms with Crippen LogP contribution in [0.15, 0.2) is 65.9 Å². The summed E-state index contributed by atoms with van der Waals surface area (Å²) in [6.45, 7) is 4.16. The summed E-state index contributed by atoms with van der Waals surface area (Å²) in [5.74, 6) is 0. The number of hydrogen-bond donors (Lipinski definition) is 1. The van der Waals surface area contributed by atoms with E-state index >= 15 is 0 Å². The fourth-order valence-corrected chi connectivity index (χ4v) is 4.15. The molecule has 0 spiro atoms. The number of fused-ring (bicyclic) bond motifs is 2. The molecule has 0 unspecified atom stereocenters. The van der Waals surface area contributed by atoms with Crippen molar-refractivity contribution in [2.75, 3.05) is 36.5 Å². The minimum atomic E-state index is 0.733. The van der Waals surface area contributed by atoms with E-state index in [0.29, 0.717) is 0 Å². The van der Waals surface area contributed by atoms with Crippen molar-refractivity contribution < 1.29 is 4.74 Å². The number of rotatable bonds is 4. The number of aliphatic imine (C=N–C) groups is 1. The Balaban J connectivity index is 1.32. The number of benzene rings is 2. The maximum Gasteiger partial charge on any atom is 0.177 e. The van der Waals surface area contributed by atoms with Gasteiger partial charge in [-0.2, -0.15) is 5.10 Å². The quantitative estimate of drug-likeness (QED) is 0.553. The number of ether oxygens (including phenoxy) is 1. The highest BCUT2D eigenvalue weighted by atomic mass is 16.5. The molecule has 2 aromatic heterocycles. The molecule has 31 heavy (non-hydrogen) atoms. The molecule has 0 bridgehead atoms. The van der Waals surface area contributed by atoms with Gasteiger partial charge < -0.3 is 15.0 Å². The molecular weight excluding hydrogens is 388 g/mol.